The van der Waals surface area contributed by atoms with Gasteiger partial charge in [-0.1, -0.05) is 48.0 Å². The number of nitrogens with two attached hydrogens (primary N) is 1. The molecule has 3 nitrogen and oxygen atoms in total. The third-order valence-electron chi connectivity index (χ3n) is 3.12. The van der Waals surface area contributed by atoms with Crippen molar-refractivity contribution in [2.75, 3.05) is 6.54 Å². The van der Waals surface area contributed by atoms with Gasteiger partial charge in [-0.05, 0) is 17.7 Å². The Hall–Kier alpha value is -1.84. The Labute approximate surface area is 116 Å². The molecule has 0 aliphatic carbocycles. The van der Waals surface area contributed by atoms with E-state index in [2.05, 4.69) is 4.98 Å². The summed E-state index contributed by atoms with van der Waals surface area (Å²) in [7, 11) is 0. The Morgan fingerprint density at radius 1 is 1.11 bits per heavy atom. The molecule has 2 aromatic carbocycles. The summed E-state index contributed by atoms with van der Waals surface area (Å²) in [5.74, 6) is 0.557. The monoisotopic (exact) mass is 272 g/mol. The number of benzene rings is 2. The van der Waals surface area contributed by atoms with Crippen molar-refractivity contribution in [2.45, 2.75) is 5.92 Å². The number of aromatic nitrogens is 1. The molecule has 0 aliphatic rings. The van der Waals surface area contributed by atoms with E-state index in [1.165, 1.54) is 0 Å². The Balaban J connectivity index is 2.09. The third-order valence-corrected chi connectivity index (χ3v) is 3.42. The van der Waals surface area contributed by atoms with Gasteiger partial charge in [0.2, 0.25) is 5.89 Å². The van der Waals surface area contributed by atoms with Gasteiger partial charge in [0.1, 0.15) is 5.52 Å². The lowest BCUT2D eigenvalue weighted by atomic mass is 9.99. The summed E-state index contributed by atoms with van der Waals surface area (Å²) in [4.78, 5) is 4.49. The number of oxazole rings is 1. The van der Waals surface area contributed by atoms with Gasteiger partial charge in [-0.25, -0.2) is 4.98 Å². The van der Waals surface area contributed by atoms with Crippen LogP contribution in [0, 0.1) is 0 Å². The van der Waals surface area contributed by atoms with Crippen LogP contribution in [0.1, 0.15) is 17.4 Å². The summed E-state index contributed by atoms with van der Waals surface area (Å²) in [6.07, 6.45) is 0. The van der Waals surface area contributed by atoms with Crippen molar-refractivity contribution < 1.29 is 4.42 Å². The van der Waals surface area contributed by atoms with Crippen molar-refractivity contribution in [1.29, 1.82) is 0 Å². The van der Waals surface area contributed by atoms with E-state index in [0.717, 1.165) is 11.1 Å². The average molecular weight is 273 g/mol. The maximum atomic E-state index is 6.10. The van der Waals surface area contributed by atoms with Crippen LogP contribution in [0.4, 0.5) is 0 Å². The van der Waals surface area contributed by atoms with Gasteiger partial charge in [-0.2, -0.15) is 0 Å². The molecule has 3 rings (SSSR count). The van der Waals surface area contributed by atoms with Gasteiger partial charge in [0, 0.05) is 6.54 Å². The second kappa shape index (κ2) is 5.03. The second-order valence-electron chi connectivity index (χ2n) is 4.34. The summed E-state index contributed by atoms with van der Waals surface area (Å²) in [5.41, 5.74) is 8.33. The van der Waals surface area contributed by atoms with Gasteiger partial charge in [-0.3, -0.25) is 0 Å². The fourth-order valence-electron chi connectivity index (χ4n) is 2.15. The number of nitrogens with zero attached hydrogens (tertiary/aromatic N) is 1. The van der Waals surface area contributed by atoms with Crippen LogP contribution < -0.4 is 5.73 Å². The molecule has 96 valence electrons. The minimum atomic E-state index is -0.0512. The molecular formula is C15H13ClN2O. The quantitative estimate of drug-likeness (QED) is 0.793. The first kappa shape index (κ1) is 12.2. The van der Waals surface area contributed by atoms with Gasteiger partial charge in [0.15, 0.2) is 5.58 Å². The lowest BCUT2D eigenvalue weighted by molar-refractivity contribution is 0.502. The Bertz CT molecular complexity index is 694. The van der Waals surface area contributed by atoms with Crippen LogP contribution in [-0.4, -0.2) is 11.5 Å². The van der Waals surface area contributed by atoms with E-state index >= 15 is 0 Å². The maximum absolute atomic E-state index is 6.10. The number of fused-ring (bicyclic) bond motifs is 1. The summed E-state index contributed by atoms with van der Waals surface area (Å²) >= 11 is 6.10. The lowest BCUT2D eigenvalue weighted by Gasteiger charge is -2.10. The number of rotatable bonds is 3. The molecule has 4 heteroatoms. The van der Waals surface area contributed by atoms with Crippen molar-refractivity contribution in [1.82, 2.24) is 4.98 Å². The molecule has 0 saturated heterocycles. The van der Waals surface area contributed by atoms with Crippen LogP contribution in [0.25, 0.3) is 11.1 Å². The van der Waals surface area contributed by atoms with Crippen LogP contribution >= 0.6 is 11.6 Å². The SMILES string of the molecule is NCC(c1ccccc1)c1nc2cccc(Cl)c2o1. The summed E-state index contributed by atoms with van der Waals surface area (Å²) in [6.45, 7) is 0.439. The topological polar surface area (TPSA) is 52.0 Å². The number of hydrogen-bond acceptors (Lipinski definition) is 3. The molecule has 0 radical (unpaired) electrons. The highest BCUT2D eigenvalue weighted by Crippen LogP contribution is 2.29. The first-order chi connectivity index (χ1) is 9.29. The van der Waals surface area contributed by atoms with Crippen molar-refractivity contribution >= 4 is 22.7 Å². The molecule has 1 aromatic heterocycles. The molecule has 1 atom stereocenters. The zero-order valence-electron chi connectivity index (χ0n) is 10.2. The average Bonchev–Trinajstić information content (AvgIpc) is 2.86. The zero-order valence-corrected chi connectivity index (χ0v) is 11.0. The van der Waals surface area contributed by atoms with Crippen LogP contribution in [-0.2, 0) is 0 Å². The fourth-order valence-corrected chi connectivity index (χ4v) is 2.35. The third kappa shape index (κ3) is 2.23. The van der Waals surface area contributed by atoms with Crippen LogP contribution in [0.5, 0.6) is 0 Å². The van der Waals surface area contributed by atoms with Crippen LogP contribution in [0.15, 0.2) is 52.9 Å². The fraction of sp³-hybridized carbons (Fsp3) is 0.133. The van der Waals surface area contributed by atoms with Gasteiger partial charge < -0.3 is 10.2 Å². The van der Waals surface area contributed by atoms with Crippen LogP contribution in [0.2, 0.25) is 5.02 Å². The summed E-state index contributed by atoms with van der Waals surface area (Å²) in [6, 6.07) is 15.5. The smallest absolute Gasteiger partial charge is 0.204 e. The molecule has 0 fully saturated rings. The highest BCUT2D eigenvalue weighted by atomic mass is 35.5. The Morgan fingerprint density at radius 2 is 1.89 bits per heavy atom. The van der Waals surface area contributed by atoms with E-state index in [1.54, 1.807) is 6.07 Å². The first-order valence-electron chi connectivity index (χ1n) is 6.09. The van der Waals surface area contributed by atoms with Crippen molar-refractivity contribution in [3.63, 3.8) is 0 Å². The van der Waals surface area contributed by atoms with Gasteiger partial charge in [0.05, 0.1) is 10.9 Å². The molecule has 0 aliphatic heterocycles. The van der Waals surface area contributed by atoms with E-state index in [-0.39, 0.29) is 5.92 Å². The maximum Gasteiger partial charge on any atom is 0.204 e. The van der Waals surface area contributed by atoms with E-state index < -0.39 is 0 Å². The standard InChI is InChI=1S/C15H13ClN2O/c16-12-7-4-8-13-14(12)19-15(18-13)11(9-17)10-5-2-1-3-6-10/h1-8,11H,9,17H2. The van der Waals surface area contributed by atoms with Gasteiger partial charge in [-0.15, -0.1) is 0 Å². The molecular weight excluding hydrogens is 260 g/mol. The largest absolute Gasteiger partial charge is 0.438 e. The highest BCUT2D eigenvalue weighted by Gasteiger charge is 2.19. The van der Waals surface area contributed by atoms with Crippen LogP contribution in [0.3, 0.4) is 0 Å². The molecule has 1 unspecified atom stereocenters. The molecule has 2 N–H and O–H groups in total. The van der Waals surface area contributed by atoms with E-state index in [4.69, 9.17) is 21.8 Å². The van der Waals surface area contributed by atoms with E-state index in [1.807, 2.05) is 42.5 Å². The van der Waals surface area contributed by atoms with E-state index in [9.17, 15) is 0 Å². The molecule has 0 spiro atoms. The van der Waals surface area contributed by atoms with Gasteiger partial charge in [0.25, 0.3) is 0 Å². The molecule has 19 heavy (non-hydrogen) atoms. The number of halogens is 1. The number of para-hydroxylation sites is 1. The Morgan fingerprint density at radius 3 is 2.58 bits per heavy atom. The normalized spacial score (nSPS) is 12.7. The second-order valence-corrected chi connectivity index (χ2v) is 4.75. The highest BCUT2D eigenvalue weighted by molar-refractivity contribution is 6.34. The summed E-state index contributed by atoms with van der Waals surface area (Å²) in [5, 5.41) is 0.570. The van der Waals surface area contributed by atoms with Crippen molar-refractivity contribution in [3.05, 3.63) is 65.0 Å². The predicted molar refractivity (Wildman–Crippen MR) is 76.4 cm³/mol. The molecule has 3 aromatic rings. The molecule has 0 bridgehead atoms. The molecule has 1 heterocycles. The zero-order chi connectivity index (χ0) is 13.2. The minimum Gasteiger partial charge on any atom is -0.438 e. The molecule has 0 saturated carbocycles. The first-order valence-corrected chi connectivity index (χ1v) is 6.47. The van der Waals surface area contributed by atoms with E-state index in [0.29, 0.717) is 23.0 Å². The minimum absolute atomic E-state index is 0.0512. The summed E-state index contributed by atoms with van der Waals surface area (Å²) < 4.78 is 5.78. The number of hydrogen-bond donors (Lipinski definition) is 1. The predicted octanol–water partition coefficient (Wildman–Crippen LogP) is 3.57. The van der Waals surface area contributed by atoms with Crippen molar-refractivity contribution in [3.8, 4) is 0 Å². The van der Waals surface area contributed by atoms with Gasteiger partial charge >= 0.3 is 0 Å². The lowest BCUT2D eigenvalue weighted by Crippen LogP contribution is -2.14. The Kier molecular flexibility index (Phi) is 3.23. The molecule has 0 amide bonds. The van der Waals surface area contributed by atoms with Crippen molar-refractivity contribution in [2.24, 2.45) is 5.73 Å².